The summed E-state index contributed by atoms with van der Waals surface area (Å²) in [6.45, 7) is 1.50. The third-order valence-electron chi connectivity index (χ3n) is 1.71. The molecular formula is C8H16NO5P. The monoisotopic (exact) mass is 237 g/mol. The lowest BCUT2D eigenvalue weighted by molar-refractivity contribution is -0.140. The second-order valence-corrected chi connectivity index (χ2v) is 5.23. The normalized spacial score (nSPS) is 15.5. The van der Waals surface area contributed by atoms with E-state index in [1.165, 1.54) is 17.9 Å². The minimum absolute atomic E-state index is 0.365. The summed E-state index contributed by atoms with van der Waals surface area (Å²) < 4.78 is 10.7. The SMILES string of the molecule is C/C(=C\C(C(=O)O)N(C)C)CP(=O)(O)O. The van der Waals surface area contributed by atoms with E-state index >= 15 is 0 Å². The molecule has 0 aliphatic heterocycles. The number of likely N-dealkylation sites (N-methyl/N-ethyl adjacent to an activating group) is 1. The van der Waals surface area contributed by atoms with Gasteiger partial charge in [0.05, 0.1) is 6.16 Å². The molecule has 88 valence electrons. The molecule has 0 aromatic carbocycles. The number of nitrogens with zero attached hydrogens (tertiary/aromatic N) is 1. The zero-order valence-electron chi connectivity index (χ0n) is 8.91. The van der Waals surface area contributed by atoms with E-state index in [0.717, 1.165) is 0 Å². The molecule has 3 N–H and O–H groups in total. The third kappa shape index (κ3) is 6.41. The molecular weight excluding hydrogens is 221 g/mol. The Bertz CT molecular complexity index is 306. The lowest BCUT2D eigenvalue weighted by atomic mass is 10.2. The van der Waals surface area contributed by atoms with Gasteiger partial charge in [-0.2, -0.15) is 0 Å². The van der Waals surface area contributed by atoms with Crippen molar-refractivity contribution in [3.05, 3.63) is 11.6 Å². The Labute approximate surface area is 88.4 Å². The fraction of sp³-hybridized carbons (Fsp3) is 0.625. The average Bonchev–Trinajstić information content (AvgIpc) is 1.95. The molecule has 0 aromatic heterocycles. The van der Waals surface area contributed by atoms with E-state index in [2.05, 4.69) is 0 Å². The third-order valence-corrected chi connectivity index (χ3v) is 2.62. The van der Waals surface area contributed by atoms with E-state index in [1.807, 2.05) is 0 Å². The summed E-state index contributed by atoms with van der Waals surface area (Å²) in [5.74, 6) is -1.05. The highest BCUT2D eigenvalue weighted by Gasteiger charge is 2.19. The number of carbonyl (C=O) groups is 1. The lowest BCUT2D eigenvalue weighted by Crippen LogP contribution is -2.34. The highest BCUT2D eigenvalue weighted by atomic mass is 31.2. The fourth-order valence-corrected chi connectivity index (χ4v) is 1.84. The Kier molecular flexibility index (Phi) is 5.17. The summed E-state index contributed by atoms with van der Waals surface area (Å²) in [6, 6.07) is -0.864. The summed E-state index contributed by atoms with van der Waals surface area (Å²) in [5.41, 5.74) is 0.365. The second kappa shape index (κ2) is 5.42. The van der Waals surface area contributed by atoms with Crippen molar-refractivity contribution < 1.29 is 24.3 Å². The van der Waals surface area contributed by atoms with E-state index in [-0.39, 0.29) is 0 Å². The van der Waals surface area contributed by atoms with Crippen LogP contribution in [0, 0.1) is 0 Å². The maximum atomic E-state index is 10.8. The summed E-state index contributed by atoms with van der Waals surface area (Å²) >= 11 is 0. The molecule has 0 aliphatic carbocycles. The van der Waals surface area contributed by atoms with Crippen LogP contribution in [-0.4, -0.2) is 52.1 Å². The molecule has 0 aliphatic rings. The van der Waals surface area contributed by atoms with E-state index in [9.17, 15) is 9.36 Å². The number of hydrogen-bond acceptors (Lipinski definition) is 3. The predicted octanol–water partition coefficient (Wildman–Crippen LogP) is 0.125. The molecule has 1 unspecified atom stereocenters. The molecule has 0 rings (SSSR count). The number of hydrogen-bond donors (Lipinski definition) is 3. The fourth-order valence-electron chi connectivity index (χ4n) is 1.09. The van der Waals surface area contributed by atoms with Crippen LogP contribution in [0.4, 0.5) is 0 Å². The summed E-state index contributed by atoms with van der Waals surface area (Å²) in [6.07, 6.45) is 0.923. The van der Waals surface area contributed by atoms with Crippen molar-refractivity contribution in [1.82, 2.24) is 4.90 Å². The average molecular weight is 237 g/mol. The number of aliphatic carboxylic acids is 1. The van der Waals surface area contributed by atoms with Crippen molar-refractivity contribution >= 4 is 13.6 Å². The van der Waals surface area contributed by atoms with Gasteiger partial charge in [0.1, 0.15) is 6.04 Å². The van der Waals surface area contributed by atoms with Gasteiger partial charge in [-0.1, -0.05) is 11.6 Å². The zero-order chi connectivity index (χ0) is 12.2. The Hall–Kier alpha value is -0.680. The molecule has 0 aromatic rings. The first-order valence-electron chi connectivity index (χ1n) is 4.24. The highest BCUT2D eigenvalue weighted by Crippen LogP contribution is 2.36. The molecule has 6 nitrogen and oxygen atoms in total. The van der Waals surface area contributed by atoms with Gasteiger partial charge in [0.2, 0.25) is 0 Å². The maximum Gasteiger partial charge on any atom is 0.329 e. The molecule has 0 saturated carbocycles. The van der Waals surface area contributed by atoms with Crippen molar-refractivity contribution in [1.29, 1.82) is 0 Å². The van der Waals surface area contributed by atoms with Crippen LogP contribution in [0.2, 0.25) is 0 Å². The standard InChI is InChI=1S/C8H16NO5P/c1-6(5-15(12,13)14)4-7(8(10)11)9(2)3/h4,7H,5H2,1-3H3,(H,10,11)(H2,12,13,14)/b6-4+. The minimum Gasteiger partial charge on any atom is -0.480 e. The number of carboxylic acids is 1. The quantitative estimate of drug-likeness (QED) is 0.464. The van der Waals surface area contributed by atoms with Gasteiger partial charge in [-0.05, 0) is 21.0 Å². The van der Waals surface area contributed by atoms with Crippen LogP contribution in [-0.2, 0) is 9.36 Å². The van der Waals surface area contributed by atoms with Gasteiger partial charge >= 0.3 is 13.6 Å². The molecule has 0 bridgehead atoms. The van der Waals surface area contributed by atoms with Gasteiger partial charge in [-0.3, -0.25) is 14.3 Å². The first-order valence-corrected chi connectivity index (χ1v) is 6.04. The van der Waals surface area contributed by atoms with Crippen molar-refractivity contribution in [3.8, 4) is 0 Å². The van der Waals surface area contributed by atoms with Crippen LogP contribution < -0.4 is 0 Å². The lowest BCUT2D eigenvalue weighted by Gasteiger charge is -2.17. The maximum absolute atomic E-state index is 10.8. The summed E-state index contributed by atoms with van der Waals surface area (Å²) in [5, 5.41) is 8.81. The highest BCUT2D eigenvalue weighted by molar-refractivity contribution is 7.52. The van der Waals surface area contributed by atoms with Crippen LogP contribution in [0.1, 0.15) is 6.92 Å². The minimum atomic E-state index is -4.12. The number of allylic oxidation sites excluding steroid dienone is 1. The van der Waals surface area contributed by atoms with Gasteiger partial charge in [-0.15, -0.1) is 0 Å². The summed E-state index contributed by atoms with van der Waals surface area (Å²) in [4.78, 5) is 29.6. The summed E-state index contributed by atoms with van der Waals surface area (Å²) in [7, 11) is -0.952. The largest absolute Gasteiger partial charge is 0.480 e. The topological polar surface area (TPSA) is 98.1 Å². The molecule has 0 radical (unpaired) electrons. The molecule has 0 saturated heterocycles. The Morgan fingerprint density at radius 2 is 1.93 bits per heavy atom. The van der Waals surface area contributed by atoms with E-state index < -0.39 is 25.8 Å². The van der Waals surface area contributed by atoms with E-state index in [1.54, 1.807) is 14.1 Å². The van der Waals surface area contributed by atoms with Crippen molar-refractivity contribution in [3.63, 3.8) is 0 Å². The Morgan fingerprint density at radius 3 is 2.20 bits per heavy atom. The van der Waals surface area contributed by atoms with Crippen LogP contribution in [0.15, 0.2) is 11.6 Å². The van der Waals surface area contributed by atoms with Crippen molar-refractivity contribution in [2.24, 2.45) is 0 Å². The van der Waals surface area contributed by atoms with Crippen molar-refractivity contribution in [2.75, 3.05) is 20.3 Å². The number of carboxylic acid groups (broad SMARTS) is 1. The van der Waals surface area contributed by atoms with Crippen LogP contribution in [0.3, 0.4) is 0 Å². The molecule has 0 spiro atoms. The van der Waals surface area contributed by atoms with Gasteiger partial charge in [0.15, 0.2) is 0 Å². The van der Waals surface area contributed by atoms with Gasteiger partial charge in [-0.25, -0.2) is 0 Å². The molecule has 1 atom stereocenters. The molecule has 0 amide bonds. The number of rotatable bonds is 5. The first-order chi connectivity index (χ1) is 6.63. The first kappa shape index (κ1) is 14.3. The second-order valence-electron chi connectivity index (χ2n) is 3.58. The van der Waals surface area contributed by atoms with E-state index in [0.29, 0.717) is 5.57 Å². The molecule has 15 heavy (non-hydrogen) atoms. The molecule has 7 heteroatoms. The molecule has 0 heterocycles. The van der Waals surface area contributed by atoms with Crippen LogP contribution >= 0.6 is 7.60 Å². The van der Waals surface area contributed by atoms with Crippen molar-refractivity contribution in [2.45, 2.75) is 13.0 Å². The van der Waals surface area contributed by atoms with Crippen LogP contribution in [0.5, 0.6) is 0 Å². The Balaban J connectivity index is 4.70. The van der Waals surface area contributed by atoms with Gasteiger partial charge in [0.25, 0.3) is 0 Å². The predicted molar refractivity (Wildman–Crippen MR) is 55.8 cm³/mol. The zero-order valence-corrected chi connectivity index (χ0v) is 9.81. The smallest absolute Gasteiger partial charge is 0.329 e. The van der Waals surface area contributed by atoms with Gasteiger partial charge < -0.3 is 14.9 Å². The Morgan fingerprint density at radius 1 is 1.47 bits per heavy atom. The molecule has 0 fully saturated rings. The van der Waals surface area contributed by atoms with Crippen LogP contribution in [0.25, 0.3) is 0 Å². The van der Waals surface area contributed by atoms with Gasteiger partial charge in [0, 0.05) is 0 Å². The van der Waals surface area contributed by atoms with E-state index in [4.69, 9.17) is 14.9 Å².